The Hall–Kier alpha value is -2.59. The zero-order valence-electron chi connectivity index (χ0n) is 14.3. The molecule has 1 aromatic heterocycles. The molecule has 0 fully saturated rings. The number of amides is 1. The third-order valence-corrected chi connectivity index (χ3v) is 4.70. The highest BCUT2D eigenvalue weighted by molar-refractivity contribution is 7.98. The zero-order chi connectivity index (χ0) is 17.6. The molecule has 0 saturated carbocycles. The van der Waals surface area contributed by atoms with E-state index in [1.807, 2.05) is 42.7 Å². The van der Waals surface area contributed by atoms with Gasteiger partial charge in [-0.3, -0.25) is 9.78 Å². The van der Waals surface area contributed by atoms with E-state index in [-0.39, 0.29) is 5.91 Å². The number of carbonyl (C=O) groups is 1. The number of rotatable bonds is 5. The first kappa shape index (κ1) is 17.2. The minimum atomic E-state index is -0.114. The summed E-state index contributed by atoms with van der Waals surface area (Å²) in [6, 6.07) is 20.1. The average molecular weight is 348 g/mol. The van der Waals surface area contributed by atoms with E-state index in [0.29, 0.717) is 12.1 Å². The molecule has 0 aliphatic rings. The van der Waals surface area contributed by atoms with Crippen LogP contribution in [0.1, 0.15) is 21.5 Å². The van der Waals surface area contributed by atoms with Gasteiger partial charge in [0, 0.05) is 23.2 Å². The fourth-order valence-corrected chi connectivity index (χ4v) is 2.94. The van der Waals surface area contributed by atoms with Crippen LogP contribution in [-0.4, -0.2) is 17.1 Å². The second kappa shape index (κ2) is 7.99. The molecular formula is C21H20N2OS. The summed E-state index contributed by atoms with van der Waals surface area (Å²) < 4.78 is 0. The van der Waals surface area contributed by atoms with Crippen molar-refractivity contribution < 1.29 is 4.79 Å². The predicted molar refractivity (Wildman–Crippen MR) is 104 cm³/mol. The smallest absolute Gasteiger partial charge is 0.253 e. The minimum absolute atomic E-state index is 0.114. The van der Waals surface area contributed by atoms with Crippen molar-refractivity contribution in [2.75, 3.05) is 6.26 Å². The van der Waals surface area contributed by atoms with E-state index in [2.05, 4.69) is 41.5 Å². The standard InChI is InChI=1S/C21H20N2OS/c1-15-4-3-5-17(12-15)20-11-8-18(14-22-20)21(24)23-13-16-6-9-19(25-2)10-7-16/h3-12,14H,13H2,1-2H3,(H,23,24). The topological polar surface area (TPSA) is 42.0 Å². The van der Waals surface area contributed by atoms with Crippen LogP contribution in [0.25, 0.3) is 11.3 Å². The van der Waals surface area contributed by atoms with Crippen molar-refractivity contribution in [2.24, 2.45) is 0 Å². The lowest BCUT2D eigenvalue weighted by Gasteiger charge is -2.07. The Kier molecular flexibility index (Phi) is 5.51. The molecule has 0 bridgehead atoms. The summed E-state index contributed by atoms with van der Waals surface area (Å²) in [4.78, 5) is 17.9. The summed E-state index contributed by atoms with van der Waals surface area (Å²) in [7, 11) is 0. The van der Waals surface area contributed by atoms with Crippen molar-refractivity contribution in [3.05, 3.63) is 83.6 Å². The number of benzene rings is 2. The van der Waals surface area contributed by atoms with Crippen molar-refractivity contribution in [3.63, 3.8) is 0 Å². The number of carbonyl (C=O) groups excluding carboxylic acids is 1. The van der Waals surface area contributed by atoms with Crippen molar-refractivity contribution in [1.29, 1.82) is 0 Å². The molecule has 1 N–H and O–H groups in total. The van der Waals surface area contributed by atoms with Gasteiger partial charge >= 0.3 is 0 Å². The Morgan fingerprint density at radius 1 is 1.08 bits per heavy atom. The van der Waals surface area contributed by atoms with Gasteiger partial charge in [-0.25, -0.2) is 0 Å². The number of aryl methyl sites for hydroxylation is 1. The molecule has 0 aliphatic heterocycles. The molecule has 1 amide bonds. The quantitative estimate of drug-likeness (QED) is 0.679. The number of nitrogens with one attached hydrogen (secondary N) is 1. The molecule has 1 heterocycles. The maximum Gasteiger partial charge on any atom is 0.253 e. The maximum absolute atomic E-state index is 12.3. The van der Waals surface area contributed by atoms with Crippen LogP contribution in [0.3, 0.4) is 0 Å². The third kappa shape index (κ3) is 4.48. The number of hydrogen-bond donors (Lipinski definition) is 1. The van der Waals surface area contributed by atoms with Gasteiger partial charge in [0.15, 0.2) is 0 Å². The summed E-state index contributed by atoms with van der Waals surface area (Å²) >= 11 is 1.70. The van der Waals surface area contributed by atoms with E-state index in [9.17, 15) is 4.79 Å². The fraction of sp³-hybridized carbons (Fsp3) is 0.143. The van der Waals surface area contributed by atoms with E-state index in [0.717, 1.165) is 16.8 Å². The molecule has 0 atom stereocenters. The predicted octanol–water partition coefficient (Wildman–Crippen LogP) is 4.71. The molecule has 126 valence electrons. The molecule has 0 radical (unpaired) electrons. The summed E-state index contributed by atoms with van der Waals surface area (Å²) in [6.45, 7) is 2.56. The first-order valence-corrected chi connectivity index (χ1v) is 9.32. The summed E-state index contributed by atoms with van der Waals surface area (Å²) in [5.74, 6) is -0.114. The normalized spacial score (nSPS) is 10.5. The molecule has 4 heteroatoms. The number of nitrogens with zero attached hydrogens (tertiary/aromatic N) is 1. The molecule has 3 rings (SSSR count). The first-order chi connectivity index (χ1) is 12.2. The van der Waals surface area contributed by atoms with Crippen molar-refractivity contribution >= 4 is 17.7 Å². The summed E-state index contributed by atoms with van der Waals surface area (Å²) in [5, 5.41) is 2.94. The van der Waals surface area contributed by atoms with Crippen LogP contribution >= 0.6 is 11.8 Å². The maximum atomic E-state index is 12.3. The molecule has 0 aliphatic carbocycles. The zero-order valence-corrected chi connectivity index (χ0v) is 15.1. The second-order valence-corrected chi connectivity index (χ2v) is 6.71. The van der Waals surface area contributed by atoms with Crippen LogP contribution in [-0.2, 0) is 6.54 Å². The van der Waals surface area contributed by atoms with Crippen LogP contribution in [0.2, 0.25) is 0 Å². The molecule has 0 saturated heterocycles. The van der Waals surface area contributed by atoms with E-state index >= 15 is 0 Å². The van der Waals surface area contributed by atoms with Gasteiger partial charge < -0.3 is 5.32 Å². The Morgan fingerprint density at radius 2 is 1.88 bits per heavy atom. The average Bonchev–Trinajstić information content (AvgIpc) is 2.66. The molecule has 3 aromatic rings. The molecule has 0 unspecified atom stereocenters. The van der Waals surface area contributed by atoms with Crippen LogP contribution in [0.15, 0.2) is 71.8 Å². The molecule has 3 nitrogen and oxygen atoms in total. The highest BCUT2D eigenvalue weighted by atomic mass is 32.2. The van der Waals surface area contributed by atoms with Gasteiger partial charge in [0.1, 0.15) is 0 Å². The second-order valence-electron chi connectivity index (χ2n) is 5.83. The highest BCUT2D eigenvalue weighted by Crippen LogP contribution is 2.18. The monoisotopic (exact) mass is 348 g/mol. The van der Waals surface area contributed by atoms with Crippen molar-refractivity contribution in [1.82, 2.24) is 10.3 Å². The van der Waals surface area contributed by atoms with Gasteiger partial charge in [-0.1, -0.05) is 35.9 Å². The molecule has 0 spiro atoms. The Labute approximate surface area is 152 Å². The van der Waals surface area contributed by atoms with Crippen LogP contribution in [0.4, 0.5) is 0 Å². The Bertz CT molecular complexity index is 858. The Morgan fingerprint density at radius 3 is 2.52 bits per heavy atom. The number of thioether (sulfide) groups is 1. The minimum Gasteiger partial charge on any atom is -0.348 e. The number of aromatic nitrogens is 1. The summed E-state index contributed by atoms with van der Waals surface area (Å²) in [6.07, 6.45) is 3.67. The number of pyridine rings is 1. The lowest BCUT2D eigenvalue weighted by Crippen LogP contribution is -2.22. The first-order valence-electron chi connectivity index (χ1n) is 8.10. The van der Waals surface area contributed by atoms with Gasteiger partial charge in [-0.15, -0.1) is 11.8 Å². The van der Waals surface area contributed by atoms with Gasteiger partial charge in [-0.05, 0) is 49.1 Å². The fourth-order valence-electron chi connectivity index (χ4n) is 2.53. The van der Waals surface area contributed by atoms with Crippen LogP contribution < -0.4 is 5.32 Å². The van der Waals surface area contributed by atoms with Gasteiger partial charge in [-0.2, -0.15) is 0 Å². The van der Waals surface area contributed by atoms with E-state index in [1.165, 1.54) is 10.5 Å². The Balaban J connectivity index is 1.64. The van der Waals surface area contributed by atoms with E-state index < -0.39 is 0 Å². The third-order valence-electron chi connectivity index (χ3n) is 3.95. The highest BCUT2D eigenvalue weighted by Gasteiger charge is 2.07. The van der Waals surface area contributed by atoms with Crippen molar-refractivity contribution in [2.45, 2.75) is 18.4 Å². The largest absolute Gasteiger partial charge is 0.348 e. The molecule has 25 heavy (non-hydrogen) atoms. The molecular weight excluding hydrogens is 328 g/mol. The van der Waals surface area contributed by atoms with Gasteiger partial charge in [0.25, 0.3) is 5.91 Å². The van der Waals surface area contributed by atoms with Gasteiger partial charge in [0.05, 0.1) is 11.3 Å². The van der Waals surface area contributed by atoms with Crippen molar-refractivity contribution in [3.8, 4) is 11.3 Å². The molecule has 2 aromatic carbocycles. The summed E-state index contributed by atoms with van der Waals surface area (Å²) in [5.41, 5.74) is 4.76. The SMILES string of the molecule is CSc1ccc(CNC(=O)c2ccc(-c3cccc(C)c3)nc2)cc1. The van der Waals surface area contributed by atoms with Gasteiger partial charge in [0.2, 0.25) is 0 Å². The van der Waals surface area contributed by atoms with Crippen LogP contribution in [0.5, 0.6) is 0 Å². The lowest BCUT2D eigenvalue weighted by molar-refractivity contribution is 0.0950. The lowest BCUT2D eigenvalue weighted by atomic mass is 10.1. The van der Waals surface area contributed by atoms with Crippen LogP contribution in [0, 0.1) is 6.92 Å². The number of hydrogen-bond acceptors (Lipinski definition) is 3. The van der Waals surface area contributed by atoms with E-state index in [1.54, 1.807) is 18.0 Å². The van der Waals surface area contributed by atoms with E-state index in [4.69, 9.17) is 0 Å².